The quantitative estimate of drug-likeness (QED) is 0.528. The number of ketones is 1. The third-order valence-electron chi connectivity index (χ3n) is 4.73. The Morgan fingerprint density at radius 2 is 1.93 bits per heavy atom. The SMILES string of the molecule is CCOC(=O)c1c(C)[nH]c(C(=O)[C@@H](C)N[C@@H](C)c2ccc(OC)c(F)c2)c1C. The van der Waals surface area contributed by atoms with Gasteiger partial charge in [0, 0.05) is 11.7 Å². The van der Waals surface area contributed by atoms with Crippen LogP contribution in [0.15, 0.2) is 18.2 Å². The van der Waals surface area contributed by atoms with E-state index in [-0.39, 0.29) is 24.2 Å². The maximum Gasteiger partial charge on any atom is 0.340 e. The Hall–Kier alpha value is -2.67. The third-order valence-corrected chi connectivity index (χ3v) is 4.73. The van der Waals surface area contributed by atoms with Gasteiger partial charge >= 0.3 is 5.97 Å². The van der Waals surface area contributed by atoms with E-state index in [0.717, 1.165) is 0 Å². The zero-order chi connectivity index (χ0) is 21.0. The molecule has 2 aromatic rings. The number of nitrogens with one attached hydrogen (secondary N) is 2. The molecule has 0 bridgehead atoms. The van der Waals surface area contributed by atoms with Crippen molar-refractivity contribution in [3.8, 4) is 5.75 Å². The first-order valence-corrected chi connectivity index (χ1v) is 9.21. The first-order valence-electron chi connectivity index (χ1n) is 9.21. The summed E-state index contributed by atoms with van der Waals surface area (Å²) in [4.78, 5) is 28.0. The summed E-state index contributed by atoms with van der Waals surface area (Å²) in [5, 5.41) is 3.18. The van der Waals surface area contributed by atoms with Crippen molar-refractivity contribution < 1.29 is 23.5 Å². The van der Waals surface area contributed by atoms with Crippen molar-refractivity contribution in [3.05, 3.63) is 52.1 Å². The van der Waals surface area contributed by atoms with Gasteiger partial charge in [0.15, 0.2) is 17.3 Å². The Labute approximate surface area is 164 Å². The molecule has 7 heteroatoms. The number of benzene rings is 1. The smallest absolute Gasteiger partial charge is 0.340 e. The Morgan fingerprint density at radius 1 is 1.25 bits per heavy atom. The second-order valence-corrected chi connectivity index (χ2v) is 6.71. The second-order valence-electron chi connectivity index (χ2n) is 6.71. The highest BCUT2D eigenvalue weighted by molar-refractivity contribution is 6.03. The number of hydrogen-bond donors (Lipinski definition) is 2. The number of methoxy groups -OCH3 is 1. The first-order chi connectivity index (χ1) is 13.2. The molecule has 1 heterocycles. The fraction of sp³-hybridized carbons (Fsp3) is 0.429. The van der Waals surface area contributed by atoms with Crippen molar-refractivity contribution in [2.45, 2.75) is 46.7 Å². The minimum atomic E-state index is -0.549. The van der Waals surface area contributed by atoms with Crippen molar-refractivity contribution in [1.29, 1.82) is 0 Å². The molecule has 1 aromatic carbocycles. The lowest BCUT2D eigenvalue weighted by atomic mass is 10.0. The van der Waals surface area contributed by atoms with Gasteiger partial charge in [-0.05, 0) is 57.9 Å². The van der Waals surface area contributed by atoms with Crippen LogP contribution in [0.5, 0.6) is 5.75 Å². The molecule has 0 unspecified atom stereocenters. The fourth-order valence-electron chi connectivity index (χ4n) is 3.22. The number of H-pyrrole nitrogens is 1. The van der Waals surface area contributed by atoms with Gasteiger partial charge in [0.25, 0.3) is 0 Å². The zero-order valence-corrected chi connectivity index (χ0v) is 17.1. The van der Waals surface area contributed by atoms with Crippen molar-refractivity contribution in [2.75, 3.05) is 13.7 Å². The lowest BCUT2D eigenvalue weighted by Crippen LogP contribution is -2.36. The summed E-state index contributed by atoms with van der Waals surface area (Å²) in [7, 11) is 1.41. The monoisotopic (exact) mass is 390 g/mol. The molecule has 6 nitrogen and oxygen atoms in total. The van der Waals surface area contributed by atoms with Crippen LogP contribution in [0.2, 0.25) is 0 Å². The van der Waals surface area contributed by atoms with Crippen LogP contribution in [-0.4, -0.2) is 36.5 Å². The summed E-state index contributed by atoms with van der Waals surface area (Å²) >= 11 is 0. The number of aromatic amines is 1. The van der Waals surface area contributed by atoms with Gasteiger partial charge < -0.3 is 19.8 Å². The lowest BCUT2D eigenvalue weighted by Gasteiger charge is -2.20. The molecule has 2 N–H and O–H groups in total. The van der Waals surface area contributed by atoms with Crippen molar-refractivity contribution in [2.24, 2.45) is 0 Å². The Kier molecular flexibility index (Phi) is 6.96. The van der Waals surface area contributed by atoms with E-state index in [1.165, 1.54) is 13.2 Å². The van der Waals surface area contributed by atoms with Gasteiger partial charge in [-0.25, -0.2) is 9.18 Å². The summed E-state index contributed by atoms with van der Waals surface area (Å²) in [5.74, 6) is -0.918. The van der Waals surface area contributed by atoms with Crippen LogP contribution >= 0.6 is 0 Å². The molecule has 0 aliphatic heterocycles. The van der Waals surface area contributed by atoms with Crippen LogP contribution in [0, 0.1) is 19.7 Å². The minimum absolute atomic E-state index is 0.170. The number of Topliss-reactive ketones (excluding diaryl/α,β-unsaturated/α-hetero) is 1. The molecule has 152 valence electrons. The summed E-state index contributed by atoms with van der Waals surface area (Å²) in [6.07, 6.45) is 0. The molecule has 0 fully saturated rings. The van der Waals surface area contributed by atoms with Gasteiger partial charge in [0.05, 0.1) is 31.0 Å². The minimum Gasteiger partial charge on any atom is -0.494 e. The Bertz CT molecular complexity index is 876. The van der Waals surface area contributed by atoms with E-state index in [9.17, 15) is 14.0 Å². The van der Waals surface area contributed by atoms with Crippen LogP contribution in [0.3, 0.4) is 0 Å². The largest absolute Gasteiger partial charge is 0.494 e. The van der Waals surface area contributed by atoms with Crippen LogP contribution in [0.25, 0.3) is 0 Å². The number of carbonyl (C=O) groups is 2. The number of carbonyl (C=O) groups excluding carboxylic acids is 2. The molecular formula is C21H27FN2O4. The normalized spacial score (nSPS) is 13.1. The number of esters is 1. The van der Waals surface area contributed by atoms with E-state index < -0.39 is 17.8 Å². The predicted molar refractivity (Wildman–Crippen MR) is 105 cm³/mol. The number of aromatic nitrogens is 1. The molecule has 0 spiro atoms. The van der Waals surface area contributed by atoms with Crippen LogP contribution in [0.4, 0.5) is 4.39 Å². The summed E-state index contributed by atoms with van der Waals surface area (Å²) < 4.78 is 23.9. The topological polar surface area (TPSA) is 80.4 Å². The van der Waals surface area contributed by atoms with Gasteiger partial charge in [-0.2, -0.15) is 0 Å². The van der Waals surface area contributed by atoms with Gasteiger partial charge in [-0.1, -0.05) is 6.07 Å². The fourth-order valence-corrected chi connectivity index (χ4v) is 3.22. The second kappa shape index (κ2) is 9.01. The third kappa shape index (κ3) is 4.42. The van der Waals surface area contributed by atoms with Gasteiger partial charge in [-0.3, -0.25) is 4.79 Å². The maximum absolute atomic E-state index is 13.9. The maximum atomic E-state index is 13.9. The number of hydrogen-bond acceptors (Lipinski definition) is 5. The molecule has 0 saturated carbocycles. The number of rotatable bonds is 8. The van der Waals surface area contributed by atoms with Crippen LogP contribution in [-0.2, 0) is 4.74 Å². The molecule has 0 saturated heterocycles. The average Bonchev–Trinajstić information content (AvgIpc) is 2.95. The van der Waals surface area contributed by atoms with Gasteiger partial charge in [0.2, 0.25) is 0 Å². The van der Waals surface area contributed by atoms with Crippen LogP contribution < -0.4 is 10.1 Å². The first kappa shape index (κ1) is 21.6. The highest BCUT2D eigenvalue weighted by Crippen LogP contribution is 2.24. The highest BCUT2D eigenvalue weighted by Gasteiger charge is 2.26. The van der Waals surface area contributed by atoms with E-state index in [1.807, 2.05) is 6.92 Å². The number of ether oxygens (including phenoxy) is 2. The van der Waals surface area contributed by atoms with E-state index in [0.29, 0.717) is 28.1 Å². The molecule has 0 aliphatic rings. The predicted octanol–water partition coefficient (Wildman–Crippen LogP) is 3.88. The molecule has 0 aliphatic carbocycles. The van der Waals surface area contributed by atoms with E-state index in [1.54, 1.807) is 39.8 Å². The average molecular weight is 390 g/mol. The molecule has 1 aromatic heterocycles. The number of halogens is 1. The van der Waals surface area contributed by atoms with Crippen molar-refractivity contribution >= 4 is 11.8 Å². The molecule has 0 radical (unpaired) electrons. The van der Waals surface area contributed by atoms with Crippen molar-refractivity contribution in [3.63, 3.8) is 0 Å². The Morgan fingerprint density at radius 3 is 2.50 bits per heavy atom. The van der Waals surface area contributed by atoms with Crippen LogP contribution in [0.1, 0.15) is 64.5 Å². The molecule has 0 amide bonds. The van der Waals surface area contributed by atoms with Gasteiger partial charge in [0.1, 0.15) is 0 Å². The van der Waals surface area contributed by atoms with Crippen molar-refractivity contribution in [1.82, 2.24) is 10.3 Å². The van der Waals surface area contributed by atoms with Gasteiger partial charge in [-0.15, -0.1) is 0 Å². The van der Waals surface area contributed by atoms with E-state index >= 15 is 0 Å². The van der Waals surface area contributed by atoms with E-state index in [2.05, 4.69) is 10.3 Å². The molecule has 2 rings (SSSR count). The Balaban J connectivity index is 2.17. The standard InChI is InChI=1S/C21H27FN2O4/c1-7-28-21(26)18-11(2)19(24-13(18)4)20(25)14(5)23-12(3)15-8-9-17(27-6)16(22)10-15/h8-10,12,14,23-24H,7H2,1-6H3/t12-,14+/m0/s1. The number of aryl methyl sites for hydroxylation is 1. The highest BCUT2D eigenvalue weighted by atomic mass is 19.1. The lowest BCUT2D eigenvalue weighted by molar-refractivity contribution is 0.0525. The molecule has 28 heavy (non-hydrogen) atoms. The summed E-state index contributed by atoms with van der Waals surface area (Å²) in [6.45, 7) is 9.03. The summed E-state index contributed by atoms with van der Waals surface area (Å²) in [5.41, 5.74) is 2.62. The molecular weight excluding hydrogens is 363 g/mol. The summed E-state index contributed by atoms with van der Waals surface area (Å²) in [6, 6.07) is 3.88. The molecule has 2 atom stereocenters. The zero-order valence-electron chi connectivity index (χ0n) is 17.1. The van der Waals surface area contributed by atoms with E-state index in [4.69, 9.17) is 9.47 Å².